The van der Waals surface area contributed by atoms with Crippen molar-refractivity contribution in [2.24, 2.45) is 10.9 Å². The van der Waals surface area contributed by atoms with Crippen molar-refractivity contribution in [3.8, 4) is 11.8 Å². The Morgan fingerprint density at radius 1 is 1.46 bits per heavy atom. The molecule has 1 aliphatic heterocycles. The van der Waals surface area contributed by atoms with E-state index in [0.717, 1.165) is 5.69 Å². The largest absolute Gasteiger partial charge is 0.391 e. The fourth-order valence-corrected chi connectivity index (χ4v) is 3.38. The van der Waals surface area contributed by atoms with E-state index in [9.17, 15) is 14.4 Å². The van der Waals surface area contributed by atoms with Crippen LogP contribution in [0.3, 0.4) is 0 Å². The van der Waals surface area contributed by atoms with Crippen molar-refractivity contribution >= 4 is 17.2 Å². The van der Waals surface area contributed by atoms with Gasteiger partial charge in [0.25, 0.3) is 5.91 Å². The standard InChI is InChI=1S/C16H15FN4O2S/c17-20-6-5-12(8-20)15(23)19-16-21(9-14(10-22)24-16)13-3-1-11(7-18)2-4-13/h1-4,9,12,22H,5-6,8,10H2/t12-/m1/s1. The Balaban J connectivity index is 1.98. The van der Waals surface area contributed by atoms with Crippen molar-refractivity contribution in [3.63, 3.8) is 0 Å². The monoisotopic (exact) mass is 346 g/mol. The molecule has 1 aliphatic rings. The number of aromatic nitrogens is 1. The first-order chi connectivity index (χ1) is 11.6. The molecule has 1 saturated heterocycles. The summed E-state index contributed by atoms with van der Waals surface area (Å²) in [6, 6.07) is 8.87. The smallest absolute Gasteiger partial charge is 0.252 e. The molecule has 0 radical (unpaired) electrons. The van der Waals surface area contributed by atoms with E-state index in [1.165, 1.54) is 11.3 Å². The predicted molar refractivity (Wildman–Crippen MR) is 85.6 cm³/mol. The molecule has 0 spiro atoms. The van der Waals surface area contributed by atoms with Crippen LogP contribution in [0.2, 0.25) is 0 Å². The summed E-state index contributed by atoms with van der Waals surface area (Å²) in [6.45, 7) is 0.150. The molecule has 0 saturated carbocycles. The SMILES string of the molecule is N#Cc1ccc(-n2cc(CO)sc2=NC(=O)[C@@H]2CCN(F)C2)cc1. The first-order valence-electron chi connectivity index (χ1n) is 7.43. The van der Waals surface area contributed by atoms with Gasteiger partial charge in [-0.1, -0.05) is 11.3 Å². The van der Waals surface area contributed by atoms with Gasteiger partial charge in [-0.3, -0.25) is 9.36 Å². The molecule has 2 heterocycles. The maximum Gasteiger partial charge on any atom is 0.252 e. The Morgan fingerprint density at radius 3 is 2.79 bits per heavy atom. The van der Waals surface area contributed by atoms with Gasteiger partial charge in [0.2, 0.25) is 0 Å². The molecular formula is C16H15FN4O2S. The number of benzene rings is 1. The summed E-state index contributed by atoms with van der Waals surface area (Å²) in [4.78, 5) is 17.5. The van der Waals surface area contributed by atoms with Crippen molar-refractivity contribution in [1.29, 1.82) is 5.26 Å². The summed E-state index contributed by atoms with van der Waals surface area (Å²) in [5, 5.41) is 18.9. The van der Waals surface area contributed by atoms with E-state index in [0.29, 0.717) is 26.8 Å². The second-order valence-electron chi connectivity index (χ2n) is 5.47. The molecule has 0 unspecified atom stereocenters. The number of nitriles is 1. The second-order valence-corrected chi connectivity index (χ2v) is 6.56. The van der Waals surface area contributed by atoms with Crippen LogP contribution in [0, 0.1) is 17.2 Å². The lowest BCUT2D eigenvalue weighted by Crippen LogP contribution is -2.20. The van der Waals surface area contributed by atoms with Gasteiger partial charge in [-0.15, -0.1) is 9.60 Å². The minimum atomic E-state index is -0.441. The van der Waals surface area contributed by atoms with Crippen molar-refractivity contribution < 1.29 is 14.4 Å². The Bertz CT molecular complexity index is 850. The number of amides is 1. The van der Waals surface area contributed by atoms with Gasteiger partial charge >= 0.3 is 0 Å². The fraction of sp³-hybridized carbons (Fsp3) is 0.312. The summed E-state index contributed by atoms with van der Waals surface area (Å²) in [5.74, 6) is -0.798. The van der Waals surface area contributed by atoms with Crippen LogP contribution in [0.1, 0.15) is 16.9 Å². The van der Waals surface area contributed by atoms with Gasteiger partial charge in [-0.2, -0.15) is 10.3 Å². The summed E-state index contributed by atoms with van der Waals surface area (Å²) >= 11 is 1.21. The van der Waals surface area contributed by atoms with Gasteiger partial charge in [0.05, 0.1) is 29.0 Å². The van der Waals surface area contributed by atoms with Crippen LogP contribution < -0.4 is 4.80 Å². The van der Waals surface area contributed by atoms with Crippen LogP contribution in [-0.2, 0) is 11.4 Å². The Labute approximate surface area is 141 Å². The molecule has 1 amide bonds. The third kappa shape index (κ3) is 3.43. The third-order valence-corrected chi connectivity index (χ3v) is 4.79. The number of hydrogen-bond donors (Lipinski definition) is 1. The molecule has 1 aromatic heterocycles. The number of aliphatic hydroxyl groups excluding tert-OH is 1. The Kier molecular flexibility index (Phi) is 4.85. The van der Waals surface area contributed by atoms with Crippen LogP contribution >= 0.6 is 11.3 Å². The number of aliphatic hydroxyl groups is 1. The van der Waals surface area contributed by atoms with Crippen molar-refractivity contribution in [2.75, 3.05) is 13.1 Å². The molecule has 24 heavy (non-hydrogen) atoms. The van der Waals surface area contributed by atoms with E-state index >= 15 is 0 Å². The first kappa shape index (κ1) is 16.5. The molecule has 0 aliphatic carbocycles. The fourth-order valence-electron chi connectivity index (χ4n) is 2.53. The molecule has 6 nitrogen and oxygen atoms in total. The normalized spacial score (nSPS) is 18.7. The summed E-state index contributed by atoms with van der Waals surface area (Å²) in [6.07, 6.45) is 2.15. The summed E-state index contributed by atoms with van der Waals surface area (Å²) in [7, 11) is 0. The lowest BCUT2D eigenvalue weighted by Gasteiger charge is -2.04. The second kappa shape index (κ2) is 7.05. The Hall–Kier alpha value is -2.34. The molecule has 3 rings (SSSR count). The van der Waals surface area contributed by atoms with Crippen LogP contribution in [0.5, 0.6) is 0 Å². The molecular weight excluding hydrogens is 331 g/mol. The number of carbonyl (C=O) groups excluding carboxylic acids is 1. The van der Waals surface area contributed by atoms with Gasteiger partial charge in [0, 0.05) is 25.0 Å². The molecule has 1 atom stereocenters. The van der Waals surface area contributed by atoms with Gasteiger partial charge in [-0.25, -0.2) is 0 Å². The molecule has 1 N–H and O–H groups in total. The molecule has 1 aromatic carbocycles. The number of nitrogens with zero attached hydrogens (tertiary/aromatic N) is 4. The van der Waals surface area contributed by atoms with Crippen LogP contribution in [0.15, 0.2) is 35.5 Å². The molecule has 1 fully saturated rings. The van der Waals surface area contributed by atoms with Gasteiger partial charge < -0.3 is 5.11 Å². The molecule has 8 heteroatoms. The quantitative estimate of drug-likeness (QED) is 0.855. The van der Waals surface area contributed by atoms with Crippen LogP contribution in [0.4, 0.5) is 4.48 Å². The maximum absolute atomic E-state index is 13.1. The number of halogens is 1. The number of hydrogen-bond acceptors (Lipinski definition) is 5. The highest BCUT2D eigenvalue weighted by atomic mass is 32.1. The zero-order valence-electron chi connectivity index (χ0n) is 12.7. The van der Waals surface area contributed by atoms with E-state index in [2.05, 4.69) is 4.99 Å². The average molecular weight is 346 g/mol. The lowest BCUT2D eigenvalue weighted by molar-refractivity contribution is -0.121. The highest BCUT2D eigenvalue weighted by molar-refractivity contribution is 7.09. The van der Waals surface area contributed by atoms with Crippen molar-refractivity contribution in [2.45, 2.75) is 13.0 Å². The van der Waals surface area contributed by atoms with Crippen LogP contribution in [0.25, 0.3) is 5.69 Å². The zero-order chi connectivity index (χ0) is 17.1. The number of thiazole rings is 1. The topological polar surface area (TPSA) is 81.6 Å². The Morgan fingerprint density at radius 2 is 2.21 bits per heavy atom. The van der Waals surface area contributed by atoms with Crippen LogP contribution in [-0.4, -0.2) is 33.8 Å². The summed E-state index contributed by atoms with van der Waals surface area (Å²) < 4.78 is 14.8. The minimum absolute atomic E-state index is 0.0669. The van der Waals surface area contributed by atoms with E-state index in [1.54, 1.807) is 35.0 Å². The van der Waals surface area contributed by atoms with Crippen molar-refractivity contribution in [3.05, 3.63) is 45.7 Å². The van der Waals surface area contributed by atoms with E-state index < -0.39 is 5.92 Å². The van der Waals surface area contributed by atoms with E-state index in [1.807, 2.05) is 6.07 Å². The van der Waals surface area contributed by atoms with E-state index in [-0.39, 0.29) is 25.6 Å². The first-order valence-corrected chi connectivity index (χ1v) is 8.24. The zero-order valence-corrected chi connectivity index (χ0v) is 13.5. The highest BCUT2D eigenvalue weighted by Gasteiger charge is 2.28. The van der Waals surface area contributed by atoms with Gasteiger partial charge in [-0.05, 0) is 30.7 Å². The van der Waals surface area contributed by atoms with Crippen molar-refractivity contribution in [1.82, 2.24) is 9.69 Å². The lowest BCUT2D eigenvalue weighted by atomic mass is 10.1. The van der Waals surface area contributed by atoms with E-state index in [4.69, 9.17) is 5.26 Å². The summed E-state index contributed by atoms with van der Waals surface area (Å²) in [5.41, 5.74) is 1.26. The molecule has 124 valence electrons. The van der Waals surface area contributed by atoms with Gasteiger partial charge in [0.1, 0.15) is 0 Å². The minimum Gasteiger partial charge on any atom is -0.391 e. The third-order valence-electron chi connectivity index (χ3n) is 3.83. The maximum atomic E-state index is 13.1. The molecule has 2 aromatic rings. The molecule has 0 bridgehead atoms. The number of rotatable bonds is 3. The number of carbonyl (C=O) groups is 1. The average Bonchev–Trinajstić information content (AvgIpc) is 3.21. The van der Waals surface area contributed by atoms with Gasteiger partial charge in [0.15, 0.2) is 4.80 Å². The highest BCUT2D eigenvalue weighted by Crippen LogP contribution is 2.18. The predicted octanol–water partition coefficient (Wildman–Crippen LogP) is 1.54.